The quantitative estimate of drug-likeness (QED) is 0.239. The van der Waals surface area contributed by atoms with Gasteiger partial charge in [-0.05, 0) is 73.4 Å². The number of carbonyl (C=O) groups excluding carboxylic acids is 4. The van der Waals surface area contributed by atoms with Crippen molar-refractivity contribution in [3.8, 4) is 17.2 Å². The van der Waals surface area contributed by atoms with Gasteiger partial charge in [0, 0.05) is 31.0 Å². The summed E-state index contributed by atoms with van der Waals surface area (Å²) in [5, 5.41) is 4.45. The summed E-state index contributed by atoms with van der Waals surface area (Å²) in [6, 6.07) is 19.9. The number of hydrogen-bond acceptors (Lipinski definition) is 11. The molecule has 12 rings (SSSR count). The van der Waals surface area contributed by atoms with Crippen LogP contribution in [0.15, 0.2) is 79.1 Å². The monoisotopic (exact) mass is 749 g/mol. The van der Waals surface area contributed by atoms with Crippen LogP contribution in [0.1, 0.15) is 70.3 Å². The van der Waals surface area contributed by atoms with Gasteiger partial charge in [0.05, 0.1) is 48.7 Å². The molecule has 4 amide bonds. The molecule has 13 nitrogen and oxygen atoms in total. The van der Waals surface area contributed by atoms with Gasteiger partial charge in [-0.2, -0.15) is 0 Å². The van der Waals surface area contributed by atoms with Crippen molar-refractivity contribution < 1.29 is 37.4 Å². The number of hydrogen-bond donors (Lipinski definition) is 2. The maximum absolute atomic E-state index is 13.7. The number of alkyl halides is 2. The third kappa shape index (κ3) is 6.56. The van der Waals surface area contributed by atoms with E-state index in [1.54, 1.807) is 23.1 Å². The maximum Gasteiger partial charge on any atom is 0.272 e. The molecule has 2 atom stereocenters. The van der Waals surface area contributed by atoms with Gasteiger partial charge in [0.15, 0.2) is 5.75 Å². The molecular weight excluding hydrogens is 712 g/mol. The second kappa shape index (κ2) is 13.2. The van der Waals surface area contributed by atoms with Crippen LogP contribution in [0.5, 0.6) is 17.2 Å². The van der Waals surface area contributed by atoms with Crippen LogP contribution in [0.25, 0.3) is 0 Å². The van der Waals surface area contributed by atoms with Crippen molar-refractivity contribution in [2.75, 3.05) is 18.5 Å². The smallest absolute Gasteiger partial charge is 0.272 e. The molecule has 1 aliphatic carbocycles. The number of carbonyl (C=O) groups is 4. The van der Waals surface area contributed by atoms with Crippen LogP contribution in [0.3, 0.4) is 0 Å². The number of nitrogens with one attached hydrogen (secondary N) is 2. The average Bonchev–Trinajstić information content (AvgIpc) is 3.34. The van der Waals surface area contributed by atoms with E-state index in [1.165, 1.54) is 12.4 Å². The van der Waals surface area contributed by atoms with Crippen molar-refractivity contribution in [1.82, 2.24) is 30.1 Å². The fraction of sp³-hybridized carbons (Fsp3) is 0.350. The first-order valence-corrected chi connectivity index (χ1v) is 18.3. The van der Waals surface area contributed by atoms with Crippen molar-refractivity contribution in [2.24, 2.45) is 0 Å². The number of benzene rings is 3. The van der Waals surface area contributed by atoms with E-state index in [1.807, 2.05) is 36.4 Å². The Morgan fingerprint density at radius 2 is 1.62 bits per heavy atom. The molecule has 15 heteroatoms. The Labute approximate surface area is 314 Å². The van der Waals surface area contributed by atoms with Gasteiger partial charge >= 0.3 is 0 Å². The molecule has 2 saturated heterocycles. The number of imide groups is 2. The summed E-state index contributed by atoms with van der Waals surface area (Å²) in [5.74, 6) is -2.65. The first-order valence-electron chi connectivity index (χ1n) is 18.3. The van der Waals surface area contributed by atoms with Gasteiger partial charge in [0.25, 0.3) is 17.7 Å². The molecule has 4 aromatic rings. The second-order valence-electron chi connectivity index (χ2n) is 15.1. The summed E-state index contributed by atoms with van der Waals surface area (Å²) in [4.78, 5) is 62.6. The Kier molecular flexibility index (Phi) is 8.38. The van der Waals surface area contributed by atoms with Gasteiger partial charge in [-0.25, -0.2) is 23.8 Å². The first-order chi connectivity index (χ1) is 26.4. The summed E-state index contributed by atoms with van der Waals surface area (Å²) in [7, 11) is 0. The number of rotatable bonds is 8. The van der Waals surface area contributed by atoms with Crippen LogP contribution in [-0.4, -0.2) is 85.6 Å². The van der Waals surface area contributed by atoms with Crippen LogP contribution in [0.2, 0.25) is 0 Å². The summed E-state index contributed by atoms with van der Waals surface area (Å²) in [6.07, 6.45) is 5.28. The number of fused-ring (bicyclic) bond motifs is 1. The zero-order valence-electron chi connectivity index (χ0n) is 29.8. The average molecular weight is 750 g/mol. The molecule has 2 N–H and O–H groups in total. The SMILES string of the molecule is C[C@]1(c2ccc(Oc3cnc(CN4CC(F)(F)C4)nc3)cc2)Cc2ccc(cc2)OC2CC(C2)N1Nc1ccc2c(c1)C(=O)N([C@@H]1CCC(=O)NC1=O)C2=O. The lowest BCUT2D eigenvalue weighted by Crippen LogP contribution is -2.59. The molecule has 8 heterocycles. The lowest BCUT2D eigenvalue weighted by molar-refractivity contribution is -0.136. The third-order valence-electron chi connectivity index (χ3n) is 11.1. The number of aromatic nitrogens is 2. The summed E-state index contributed by atoms with van der Waals surface area (Å²) in [6.45, 7) is 1.80. The summed E-state index contributed by atoms with van der Waals surface area (Å²) >= 11 is 0. The van der Waals surface area contributed by atoms with Gasteiger partial charge in [-0.3, -0.25) is 34.3 Å². The second-order valence-corrected chi connectivity index (χ2v) is 15.1. The molecule has 55 heavy (non-hydrogen) atoms. The van der Waals surface area contributed by atoms with Crippen LogP contribution in [-0.2, 0) is 28.1 Å². The highest BCUT2D eigenvalue weighted by molar-refractivity contribution is 6.23. The van der Waals surface area contributed by atoms with Crippen molar-refractivity contribution in [3.63, 3.8) is 0 Å². The molecule has 1 aromatic heterocycles. The Balaban J connectivity index is 0.982. The van der Waals surface area contributed by atoms with Crippen molar-refractivity contribution in [1.29, 1.82) is 0 Å². The Hall–Kier alpha value is -5.80. The van der Waals surface area contributed by atoms with Crippen molar-refractivity contribution in [3.05, 3.63) is 107 Å². The van der Waals surface area contributed by atoms with Gasteiger partial charge in [0.1, 0.15) is 29.5 Å². The number of amides is 4. The molecular formula is C40H37F2N7O6. The Morgan fingerprint density at radius 1 is 0.909 bits per heavy atom. The number of piperidine rings is 1. The molecule has 1 saturated carbocycles. The minimum Gasteiger partial charge on any atom is -0.490 e. The molecule has 0 spiro atoms. The highest BCUT2D eigenvalue weighted by Gasteiger charge is 2.48. The molecule has 0 unspecified atom stereocenters. The van der Waals surface area contributed by atoms with Crippen LogP contribution in [0, 0.1) is 0 Å². The van der Waals surface area contributed by atoms with E-state index in [0.29, 0.717) is 29.4 Å². The zero-order chi connectivity index (χ0) is 38.1. The minimum absolute atomic E-state index is 0.0139. The minimum atomic E-state index is -2.65. The van der Waals surface area contributed by atoms with Gasteiger partial charge < -0.3 is 14.9 Å². The number of likely N-dealkylation sites (tertiary alicyclic amines) is 1. The zero-order valence-corrected chi connectivity index (χ0v) is 29.8. The van der Waals surface area contributed by atoms with E-state index in [-0.39, 0.29) is 55.7 Å². The Morgan fingerprint density at radius 3 is 2.31 bits per heavy atom. The normalized spacial score (nSPS) is 25.9. The predicted octanol–water partition coefficient (Wildman–Crippen LogP) is 4.83. The largest absolute Gasteiger partial charge is 0.490 e. The van der Waals surface area contributed by atoms with Gasteiger partial charge in [-0.15, -0.1) is 0 Å². The number of nitrogens with zero attached hydrogens (tertiary/aromatic N) is 5. The Bertz CT molecular complexity index is 2190. The molecule has 282 valence electrons. The third-order valence-corrected chi connectivity index (χ3v) is 11.1. The molecule has 4 bridgehead atoms. The van der Waals surface area contributed by atoms with E-state index in [9.17, 15) is 28.0 Å². The van der Waals surface area contributed by atoms with Gasteiger partial charge in [-0.1, -0.05) is 24.3 Å². The molecule has 7 aliphatic heterocycles. The number of halogens is 2. The fourth-order valence-corrected chi connectivity index (χ4v) is 8.16. The maximum atomic E-state index is 13.7. The fourth-order valence-electron chi connectivity index (χ4n) is 8.16. The van der Waals surface area contributed by atoms with E-state index in [2.05, 4.69) is 44.8 Å². The number of hydrazine groups is 1. The first kappa shape index (κ1) is 34.9. The standard InChI is InChI=1S/C40H37F2N7O6/c1-39(24-4-9-28(10-5-24)55-30-18-43-34(44-19-30)20-47-21-40(41,42)22-47)17-23-2-7-27(8-3-23)54-29-15-26(16-29)49(39)46-25-6-11-31-32(14-25)38(53)48(37(31)52)33-12-13-35(50)45-36(33)51/h2-11,14,18-19,26,29,33,46H,12-13,15-17,20-22H2,1H3,(H,45,50,51)/t26?,29?,33-,39-/m1/s1. The summed E-state index contributed by atoms with van der Waals surface area (Å²) < 4.78 is 38.8. The van der Waals surface area contributed by atoms with E-state index >= 15 is 0 Å². The molecule has 3 aromatic carbocycles. The highest BCUT2D eigenvalue weighted by atomic mass is 19.3. The summed E-state index contributed by atoms with van der Waals surface area (Å²) in [5.41, 5.74) is 6.01. The van der Waals surface area contributed by atoms with E-state index < -0.39 is 41.1 Å². The van der Waals surface area contributed by atoms with Crippen LogP contribution in [0.4, 0.5) is 14.5 Å². The number of ether oxygens (including phenoxy) is 2. The molecule has 0 radical (unpaired) electrons. The van der Waals surface area contributed by atoms with Crippen molar-refractivity contribution in [2.45, 2.75) is 75.2 Å². The van der Waals surface area contributed by atoms with E-state index in [4.69, 9.17) is 9.47 Å². The van der Waals surface area contributed by atoms with E-state index in [0.717, 1.165) is 34.6 Å². The predicted molar refractivity (Wildman–Crippen MR) is 192 cm³/mol. The molecule has 8 aliphatic rings. The molecule has 3 fully saturated rings. The van der Waals surface area contributed by atoms with Gasteiger partial charge in [0.2, 0.25) is 11.8 Å². The van der Waals surface area contributed by atoms with Crippen LogP contribution < -0.4 is 20.2 Å². The topological polar surface area (TPSA) is 146 Å². The van der Waals surface area contributed by atoms with Crippen molar-refractivity contribution >= 4 is 29.3 Å². The number of anilines is 1. The highest BCUT2D eigenvalue weighted by Crippen LogP contribution is 2.43. The van der Waals surface area contributed by atoms with Crippen LogP contribution >= 0.6 is 0 Å². The lowest BCUT2D eigenvalue weighted by Gasteiger charge is -2.51. The lowest BCUT2D eigenvalue weighted by atomic mass is 9.80.